The first-order chi connectivity index (χ1) is 16.2. The number of carbonyl (C=O) groups is 2. The molecular weight excluding hydrogens is 471 g/mol. The minimum absolute atomic E-state index is 0.00743. The van der Waals surface area contributed by atoms with Crippen LogP contribution in [0.1, 0.15) is 16.1 Å². The van der Waals surface area contributed by atoms with Gasteiger partial charge in [-0.25, -0.2) is 4.79 Å². The van der Waals surface area contributed by atoms with Crippen molar-refractivity contribution in [3.05, 3.63) is 82.6 Å². The van der Waals surface area contributed by atoms with Crippen LogP contribution in [0.3, 0.4) is 0 Å². The van der Waals surface area contributed by atoms with Crippen LogP contribution in [0.25, 0.3) is 6.08 Å². The van der Waals surface area contributed by atoms with Gasteiger partial charge in [0.05, 0.1) is 25.8 Å². The highest BCUT2D eigenvalue weighted by atomic mass is 32.1. The highest BCUT2D eigenvalue weighted by molar-refractivity contribution is 7.10. The summed E-state index contributed by atoms with van der Waals surface area (Å²) in [6.45, 7) is 2.38. The van der Waals surface area contributed by atoms with Gasteiger partial charge in [0.15, 0.2) is 0 Å². The van der Waals surface area contributed by atoms with Crippen LogP contribution in [0.15, 0.2) is 66.4 Å². The summed E-state index contributed by atoms with van der Waals surface area (Å²) in [4.78, 5) is 28.7. The normalized spacial score (nSPS) is 15.9. The van der Waals surface area contributed by atoms with Crippen molar-refractivity contribution in [2.24, 2.45) is 0 Å². The fraction of sp³-hybridized carbons (Fsp3) is 0.261. The average Bonchev–Trinajstić information content (AvgIpc) is 3.45. The van der Waals surface area contributed by atoms with E-state index in [1.54, 1.807) is 23.6 Å². The van der Waals surface area contributed by atoms with E-state index >= 15 is 0 Å². The van der Waals surface area contributed by atoms with Gasteiger partial charge in [0.1, 0.15) is 0 Å². The lowest BCUT2D eigenvalue weighted by molar-refractivity contribution is -0.192. The number of pyridine rings is 1. The Hall–Kier alpha value is -3.44. The SMILES string of the molecule is O=C(/C=C/c1cccs1)N1Cc2cccn2CC(OCc2cccnc2)C1.O=C(O)C(F)(F)F. The molecule has 3 aromatic heterocycles. The van der Waals surface area contributed by atoms with Gasteiger partial charge >= 0.3 is 12.1 Å². The van der Waals surface area contributed by atoms with Gasteiger partial charge in [0.25, 0.3) is 0 Å². The van der Waals surface area contributed by atoms with Gasteiger partial charge in [-0.2, -0.15) is 13.2 Å². The number of hydrogen-bond donors (Lipinski definition) is 1. The fourth-order valence-corrected chi connectivity index (χ4v) is 3.79. The van der Waals surface area contributed by atoms with E-state index in [0.717, 1.165) is 22.7 Å². The van der Waals surface area contributed by atoms with Crippen molar-refractivity contribution in [2.75, 3.05) is 6.54 Å². The molecule has 1 aliphatic rings. The van der Waals surface area contributed by atoms with Gasteiger partial charge in [-0.05, 0) is 41.3 Å². The Labute approximate surface area is 197 Å². The first kappa shape index (κ1) is 25.2. The third kappa shape index (κ3) is 7.56. The summed E-state index contributed by atoms with van der Waals surface area (Å²) >= 11 is 1.62. The molecule has 0 radical (unpaired) electrons. The number of ether oxygens (including phenoxy) is 1. The molecular formula is C23H22F3N3O4S. The number of aromatic nitrogens is 2. The highest BCUT2D eigenvalue weighted by Gasteiger charge is 2.38. The summed E-state index contributed by atoms with van der Waals surface area (Å²) in [5.41, 5.74) is 2.16. The quantitative estimate of drug-likeness (QED) is 0.538. The second-order valence-corrected chi connectivity index (χ2v) is 8.30. The summed E-state index contributed by atoms with van der Waals surface area (Å²) < 4.78 is 40.0. The Bertz CT molecular complexity index is 1100. The van der Waals surface area contributed by atoms with Gasteiger partial charge in [0.2, 0.25) is 5.91 Å². The highest BCUT2D eigenvalue weighted by Crippen LogP contribution is 2.18. The van der Waals surface area contributed by atoms with Crippen molar-refractivity contribution in [1.29, 1.82) is 0 Å². The molecule has 1 N–H and O–H groups in total. The number of carboxylic acids is 1. The summed E-state index contributed by atoms with van der Waals surface area (Å²) in [7, 11) is 0. The second kappa shape index (κ2) is 11.6. The van der Waals surface area contributed by atoms with E-state index in [9.17, 15) is 18.0 Å². The Balaban J connectivity index is 0.000000406. The predicted molar refractivity (Wildman–Crippen MR) is 120 cm³/mol. The molecule has 1 unspecified atom stereocenters. The molecule has 34 heavy (non-hydrogen) atoms. The first-order valence-electron chi connectivity index (χ1n) is 10.2. The van der Waals surface area contributed by atoms with Crippen LogP contribution in [0.2, 0.25) is 0 Å². The molecule has 4 heterocycles. The molecule has 0 bridgehead atoms. The molecule has 1 atom stereocenters. The lowest BCUT2D eigenvalue weighted by Crippen LogP contribution is -2.36. The number of carbonyl (C=O) groups excluding carboxylic acids is 1. The molecule has 0 aromatic carbocycles. The van der Waals surface area contributed by atoms with E-state index in [0.29, 0.717) is 19.7 Å². The number of fused-ring (bicyclic) bond motifs is 1. The van der Waals surface area contributed by atoms with Crippen LogP contribution in [0, 0.1) is 0 Å². The third-order valence-electron chi connectivity index (χ3n) is 4.80. The molecule has 180 valence electrons. The van der Waals surface area contributed by atoms with E-state index in [4.69, 9.17) is 14.6 Å². The molecule has 3 aromatic rings. The maximum Gasteiger partial charge on any atom is 0.490 e. The Kier molecular flexibility index (Phi) is 8.61. The monoisotopic (exact) mass is 493 g/mol. The van der Waals surface area contributed by atoms with Gasteiger partial charge in [0, 0.05) is 41.8 Å². The Morgan fingerprint density at radius 3 is 2.65 bits per heavy atom. The smallest absolute Gasteiger partial charge is 0.475 e. The summed E-state index contributed by atoms with van der Waals surface area (Å²) in [6, 6.07) is 12.0. The van der Waals surface area contributed by atoms with Crippen LogP contribution >= 0.6 is 11.3 Å². The van der Waals surface area contributed by atoms with E-state index in [-0.39, 0.29) is 12.0 Å². The zero-order chi connectivity index (χ0) is 24.6. The lowest BCUT2D eigenvalue weighted by atomic mass is 10.2. The largest absolute Gasteiger partial charge is 0.490 e. The maximum atomic E-state index is 12.8. The molecule has 0 saturated carbocycles. The number of alkyl halides is 3. The van der Waals surface area contributed by atoms with E-state index in [1.165, 1.54) is 0 Å². The third-order valence-corrected chi connectivity index (χ3v) is 5.63. The van der Waals surface area contributed by atoms with Gasteiger partial charge in [-0.15, -0.1) is 11.3 Å². The lowest BCUT2D eigenvalue weighted by Gasteiger charge is -2.23. The topological polar surface area (TPSA) is 84.7 Å². The zero-order valence-corrected chi connectivity index (χ0v) is 18.7. The second-order valence-electron chi connectivity index (χ2n) is 7.32. The van der Waals surface area contributed by atoms with Gasteiger partial charge in [-0.3, -0.25) is 9.78 Å². The molecule has 0 spiro atoms. The average molecular weight is 494 g/mol. The zero-order valence-electron chi connectivity index (χ0n) is 17.9. The van der Waals surface area contributed by atoms with E-state index in [2.05, 4.69) is 15.6 Å². The number of rotatable bonds is 5. The molecule has 11 heteroatoms. The van der Waals surface area contributed by atoms with Crippen LogP contribution in [0.4, 0.5) is 13.2 Å². The summed E-state index contributed by atoms with van der Waals surface area (Å²) in [5, 5.41) is 9.13. The fourth-order valence-electron chi connectivity index (χ4n) is 3.17. The minimum Gasteiger partial charge on any atom is -0.475 e. The Morgan fingerprint density at radius 2 is 2.00 bits per heavy atom. The molecule has 7 nitrogen and oxygen atoms in total. The summed E-state index contributed by atoms with van der Waals surface area (Å²) in [5.74, 6) is -2.75. The van der Waals surface area contributed by atoms with Crippen LogP contribution in [0.5, 0.6) is 0 Å². The van der Waals surface area contributed by atoms with Gasteiger partial charge in [-0.1, -0.05) is 12.1 Å². The van der Waals surface area contributed by atoms with Crippen molar-refractivity contribution in [1.82, 2.24) is 14.5 Å². The molecule has 0 aliphatic carbocycles. The summed E-state index contributed by atoms with van der Waals surface area (Å²) in [6.07, 6.45) is 3.99. The van der Waals surface area contributed by atoms with E-state index < -0.39 is 12.1 Å². The van der Waals surface area contributed by atoms with Crippen LogP contribution in [-0.4, -0.2) is 50.3 Å². The van der Waals surface area contributed by atoms with Crippen molar-refractivity contribution in [3.63, 3.8) is 0 Å². The van der Waals surface area contributed by atoms with Crippen molar-refractivity contribution in [3.8, 4) is 0 Å². The molecule has 1 amide bonds. The maximum absolute atomic E-state index is 12.8. The van der Waals surface area contributed by atoms with Crippen LogP contribution < -0.4 is 0 Å². The standard InChI is InChI=1S/C21H21N3O2S.C2HF3O2/c25-21(8-7-20-6-3-11-27-20)24-13-18-5-2-10-23(18)14-19(15-24)26-16-17-4-1-9-22-12-17;3-2(4,5)1(6)7/h1-12,19H,13-16H2;(H,6,7)/b8-7+;. The number of aliphatic carboxylic acids is 1. The van der Waals surface area contributed by atoms with Crippen molar-refractivity contribution >= 4 is 29.3 Å². The number of carboxylic acid groups (broad SMARTS) is 1. The van der Waals surface area contributed by atoms with Gasteiger partial charge < -0.3 is 19.3 Å². The van der Waals surface area contributed by atoms with E-state index in [1.807, 2.05) is 59.1 Å². The molecule has 4 rings (SSSR count). The number of hydrogen-bond acceptors (Lipinski definition) is 5. The number of thiophene rings is 1. The molecule has 0 fully saturated rings. The Morgan fingerprint density at radius 1 is 1.21 bits per heavy atom. The molecule has 1 aliphatic heterocycles. The number of amides is 1. The molecule has 0 saturated heterocycles. The first-order valence-corrected chi connectivity index (χ1v) is 11.1. The van der Waals surface area contributed by atoms with Crippen molar-refractivity contribution < 1.29 is 32.6 Å². The van der Waals surface area contributed by atoms with Crippen molar-refractivity contribution in [2.45, 2.75) is 32.0 Å². The number of nitrogens with zero attached hydrogens (tertiary/aromatic N) is 3. The van der Waals surface area contributed by atoms with Crippen LogP contribution in [-0.2, 0) is 34.0 Å². The minimum atomic E-state index is -5.08. The predicted octanol–water partition coefficient (Wildman–Crippen LogP) is 4.22. The number of halogens is 3.